The first-order valence-corrected chi connectivity index (χ1v) is 9.68. The molecule has 112 valence electrons. The van der Waals surface area contributed by atoms with Crippen LogP contribution in [0, 0.1) is 0 Å². The van der Waals surface area contributed by atoms with Crippen LogP contribution in [0.25, 0.3) is 0 Å². The highest BCUT2D eigenvalue weighted by Gasteiger charge is 2.42. The van der Waals surface area contributed by atoms with E-state index in [9.17, 15) is 9.90 Å². The summed E-state index contributed by atoms with van der Waals surface area (Å²) in [7, 11) is -2.19. The molecular weight excluding hydrogens is 270 g/mol. The molecule has 1 aromatic rings. The number of rotatable bonds is 5. The molecular formula is C15H25NO3Si. The molecule has 0 amide bonds. The second-order valence-corrected chi connectivity index (χ2v) is 11.3. The molecule has 0 heterocycles. The average molecular weight is 295 g/mol. The number of carbonyl (C=O) groups is 1. The first-order valence-electron chi connectivity index (χ1n) is 6.77. The Morgan fingerprint density at radius 3 is 2.15 bits per heavy atom. The summed E-state index contributed by atoms with van der Waals surface area (Å²) in [5, 5.41) is 9.39. The third-order valence-electron chi connectivity index (χ3n) is 3.98. The highest BCUT2D eigenvalue weighted by molar-refractivity contribution is 6.74. The minimum Gasteiger partial charge on any atom is -0.479 e. The Morgan fingerprint density at radius 1 is 1.25 bits per heavy atom. The number of carboxylic acids is 1. The largest absolute Gasteiger partial charge is 0.479 e. The maximum absolute atomic E-state index is 11.5. The Kier molecular flexibility index (Phi) is 5.13. The predicted molar refractivity (Wildman–Crippen MR) is 83.1 cm³/mol. The van der Waals surface area contributed by atoms with E-state index in [0.717, 1.165) is 5.56 Å². The molecule has 0 spiro atoms. The molecule has 0 fully saturated rings. The van der Waals surface area contributed by atoms with Crippen molar-refractivity contribution in [3.8, 4) is 0 Å². The van der Waals surface area contributed by atoms with E-state index < -0.39 is 26.4 Å². The summed E-state index contributed by atoms with van der Waals surface area (Å²) in [4.78, 5) is 11.5. The van der Waals surface area contributed by atoms with Gasteiger partial charge in [-0.15, -0.1) is 0 Å². The Labute approximate surface area is 122 Å². The van der Waals surface area contributed by atoms with Gasteiger partial charge in [0.1, 0.15) is 0 Å². The van der Waals surface area contributed by atoms with Gasteiger partial charge in [-0.2, -0.15) is 0 Å². The fraction of sp³-hybridized carbons (Fsp3) is 0.533. The van der Waals surface area contributed by atoms with Gasteiger partial charge in [0.25, 0.3) is 0 Å². The Balaban J connectivity index is 2.99. The van der Waals surface area contributed by atoms with Crippen molar-refractivity contribution in [3.05, 3.63) is 35.9 Å². The summed E-state index contributed by atoms with van der Waals surface area (Å²) < 4.78 is 5.99. The Hall–Kier alpha value is -1.17. The van der Waals surface area contributed by atoms with Crippen molar-refractivity contribution in [3.63, 3.8) is 0 Å². The van der Waals surface area contributed by atoms with E-state index in [-0.39, 0.29) is 5.04 Å². The smallest absolute Gasteiger partial charge is 0.333 e. The van der Waals surface area contributed by atoms with E-state index in [0.29, 0.717) is 0 Å². The van der Waals surface area contributed by atoms with E-state index in [1.807, 2.05) is 43.4 Å². The normalized spacial score (nSPS) is 15.7. The second kappa shape index (κ2) is 6.07. The number of hydrogen-bond donors (Lipinski definition) is 2. The van der Waals surface area contributed by atoms with Crippen LogP contribution in [-0.4, -0.2) is 25.5 Å². The van der Waals surface area contributed by atoms with Crippen LogP contribution in [-0.2, 0) is 9.22 Å². The van der Waals surface area contributed by atoms with Crippen LogP contribution in [0.4, 0.5) is 0 Å². The maximum Gasteiger partial charge on any atom is 0.333 e. The van der Waals surface area contributed by atoms with Crippen molar-refractivity contribution >= 4 is 14.3 Å². The lowest BCUT2D eigenvalue weighted by Gasteiger charge is -2.39. The molecule has 2 atom stereocenters. The third kappa shape index (κ3) is 3.91. The zero-order valence-electron chi connectivity index (χ0n) is 12.9. The van der Waals surface area contributed by atoms with Gasteiger partial charge in [-0.05, 0) is 23.7 Å². The topological polar surface area (TPSA) is 72.5 Å². The first kappa shape index (κ1) is 16.9. The summed E-state index contributed by atoms with van der Waals surface area (Å²) >= 11 is 0. The van der Waals surface area contributed by atoms with Gasteiger partial charge < -0.3 is 15.3 Å². The van der Waals surface area contributed by atoms with Crippen molar-refractivity contribution in [1.29, 1.82) is 0 Å². The molecule has 0 aliphatic heterocycles. The fourth-order valence-electron chi connectivity index (χ4n) is 1.62. The van der Waals surface area contributed by atoms with Crippen LogP contribution >= 0.6 is 0 Å². The molecule has 1 aromatic carbocycles. The summed E-state index contributed by atoms with van der Waals surface area (Å²) in [5.41, 5.74) is 6.88. The lowest BCUT2D eigenvalue weighted by atomic mass is 10.0. The van der Waals surface area contributed by atoms with Crippen molar-refractivity contribution in [2.24, 2.45) is 5.73 Å². The van der Waals surface area contributed by atoms with Gasteiger partial charge in [-0.25, -0.2) is 4.79 Å². The van der Waals surface area contributed by atoms with Crippen LogP contribution < -0.4 is 5.73 Å². The summed E-state index contributed by atoms with van der Waals surface area (Å²) in [6.07, 6.45) is -1.02. The molecule has 0 aliphatic carbocycles. The van der Waals surface area contributed by atoms with Crippen molar-refractivity contribution in [2.45, 2.75) is 51.0 Å². The van der Waals surface area contributed by atoms with Gasteiger partial charge in [0.05, 0.1) is 6.04 Å². The lowest BCUT2D eigenvalue weighted by Crippen LogP contribution is -2.49. The van der Waals surface area contributed by atoms with Crippen LogP contribution in [0.5, 0.6) is 0 Å². The van der Waals surface area contributed by atoms with Gasteiger partial charge in [-0.3, -0.25) is 0 Å². The van der Waals surface area contributed by atoms with Crippen molar-refractivity contribution in [2.75, 3.05) is 0 Å². The van der Waals surface area contributed by atoms with Gasteiger partial charge in [-0.1, -0.05) is 51.1 Å². The summed E-state index contributed by atoms with van der Waals surface area (Å²) in [6.45, 7) is 10.3. The van der Waals surface area contributed by atoms with Crippen LogP contribution in [0.2, 0.25) is 18.1 Å². The SMILES string of the molecule is CC(C)(C)[Si](C)(C)OC(C(=O)O)C(N)c1ccccc1. The number of hydrogen-bond acceptors (Lipinski definition) is 3. The zero-order valence-corrected chi connectivity index (χ0v) is 13.9. The molecule has 0 radical (unpaired) electrons. The van der Waals surface area contributed by atoms with E-state index in [4.69, 9.17) is 10.2 Å². The molecule has 4 nitrogen and oxygen atoms in total. The number of nitrogens with two attached hydrogens (primary N) is 1. The van der Waals surface area contributed by atoms with E-state index in [1.54, 1.807) is 0 Å². The first-order chi connectivity index (χ1) is 9.06. The monoisotopic (exact) mass is 295 g/mol. The Morgan fingerprint density at radius 2 is 1.75 bits per heavy atom. The highest BCUT2D eigenvalue weighted by atomic mass is 28.4. The van der Waals surface area contributed by atoms with Crippen LogP contribution in [0.15, 0.2) is 30.3 Å². The number of carboxylic acid groups (broad SMARTS) is 1. The quantitative estimate of drug-likeness (QED) is 0.818. The molecule has 5 heteroatoms. The summed E-state index contributed by atoms with van der Waals surface area (Å²) in [5.74, 6) is -1.01. The number of benzene rings is 1. The molecule has 0 aromatic heterocycles. The highest BCUT2D eigenvalue weighted by Crippen LogP contribution is 2.38. The van der Waals surface area contributed by atoms with Crippen molar-refractivity contribution < 1.29 is 14.3 Å². The summed E-state index contributed by atoms with van der Waals surface area (Å²) in [6, 6.07) is 8.56. The van der Waals surface area contributed by atoms with Gasteiger partial charge in [0.2, 0.25) is 0 Å². The maximum atomic E-state index is 11.5. The molecule has 2 unspecified atom stereocenters. The minimum atomic E-state index is -2.19. The predicted octanol–water partition coefficient (Wildman–Crippen LogP) is 3.16. The Bertz CT molecular complexity index is 454. The van der Waals surface area contributed by atoms with Gasteiger partial charge in [0, 0.05) is 0 Å². The average Bonchev–Trinajstić information content (AvgIpc) is 2.34. The second-order valence-electron chi connectivity index (χ2n) is 6.57. The molecule has 1 rings (SSSR count). The van der Waals surface area contributed by atoms with E-state index >= 15 is 0 Å². The lowest BCUT2D eigenvalue weighted by molar-refractivity contribution is -0.146. The molecule has 0 bridgehead atoms. The number of aliphatic carboxylic acids is 1. The fourth-order valence-corrected chi connectivity index (χ4v) is 2.86. The standard InChI is InChI=1S/C15H25NO3Si/c1-15(2,3)20(4,5)19-13(14(17)18)12(16)11-9-7-6-8-10-11/h6-10,12-13H,16H2,1-5H3,(H,17,18). The van der Waals surface area contributed by atoms with Crippen LogP contribution in [0.1, 0.15) is 32.4 Å². The van der Waals surface area contributed by atoms with Gasteiger partial charge >= 0.3 is 5.97 Å². The molecule has 0 aliphatic rings. The van der Waals surface area contributed by atoms with E-state index in [2.05, 4.69) is 20.8 Å². The molecule has 0 saturated carbocycles. The molecule has 20 heavy (non-hydrogen) atoms. The van der Waals surface area contributed by atoms with Gasteiger partial charge in [0.15, 0.2) is 14.4 Å². The third-order valence-corrected chi connectivity index (χ3v) is 8.44. The van der Waals surface area contributed by atoms with Crippen molar-refractivity contribution in [1.82, 2.24) is 0 Å². The molecule has 0 saturated heterocycles. The van der Waals surface area contributed by atoms with E-state index in [1.165, 1.54) is 0 Å². The minimum absolute atomic E-state index is 0.0584. The molecule has 3 N–H and O–H groups in total. The van der Waals surface area contributed by atoms with Crippen LogP contribution in [0.3, 0.4) is 0 Å². The zero-order chi connectivity index (χ0) is 15.6.